The molecule has 0 bridgehead atoms. The maximum absolute atomic E-state index is 12.6. The molecule has 0 saturated carbocycles. The Labute approximate surface area is 165 Å². The normalized spacial score (nSPS) is 12.8. The third-order valence-electron chi connectivity index (χ3n) is 4.82. The first-order chi connectivity index (χ1) is 13.1. The lowest BCUT2D eigenvalue weighted by Crippen LogP contribution is -2.10. The summed E-state index contributed by atoms with van der Waals surface area (Å²) >= 11 is 0. The number of ketones is 1. The van der Waals surface area contributed by atoms with Crippen molar-refractivity contribution in [3.8, 4) is 11.5 Å². The van der Waals surface area contributed by atoms with Crippen molar-refractivity contribution < 1.29 is 27.6 Å². The third kappa shape index (κ3) is 5.56. The highest BCUT2D eigenvalue weighted by molar-refractivity contribution is 7.86. The molecule has 6 nitrogen and oxygen atoms in total. The number of carbonyl (C=O) groups excluding carboxylic acids is 1. The van der Waals surface area contributed by atoms with Gasteiger partial charge >= 0.3 is 0 Å². The molecule has 0 amide bonds. The van der Waals surface area contributed by atoms with Gasteiger partial charge in [0.1, 0.15) is 16.4 Å². The number of benzene rings is 2. The molecule has 0 fully saturated rings. The maximum Gasteiger partial charge on any atom is 0.298 e. The average Bonchev–Trinajstić information content (AvgIpc) is 2.64. The van der Waals surface area contributed by atoms with Crippen LogP contribution >= 0.6 is 0 Å². The van der Waals surface area contributed by atoms with Crippen LogP contribution in [-0.2, 0) is 10.1 Å². The molecule has 0 radical (unpaired) electrons. The van der Waals surface area contributed by atoms with Crippen LogP contribution in [0.2, 0.25) is 0 Å². The summed E-state index contributed by atoms with van der Waals surface area (Å²) in [5, 5.41) is 10.3. The van der Waals surface area contributed by atoms with Gasteiger partial charge in [0, 0.05) is 11.6 Å². The Kier molecular flexibility index (Phi) is 7.21. The molecule has 0 spiro atoms. The van der Waals surface area contributed by atoms with Gasteiger partial charge in [-0.2, -0.15) is 8.42 Å². The standard InChI is InChI=1S/C21H26O6S/c1-14(2)15(3)8-7-11-27-19-13-18(22)17(12-20(19)28(24,25)26)21(23)16-9-5-4-6-10-16/h4-6,9-10,12-15,22H,7-8,11H2,1-3H3,(H,24,25,26). The van der Waals surface area contributed by atoms with Crippen LogP contribution in [0, 0.1) is 11.8 Å². The van der Waals surface area contributed by atoms with E-state index in [0.717, 1.165) is 18.6 Å². The van der Waals surface area contributed by atoms with Gasteiger partial charge < -0.3 is 9.84 Å². The Bertz CT molecular complexity index is 919. The summed E-state index contributed by atoms with van der Waals surface area (Å²) in [6.45, 7) is 6.61. The molecule has 0 aromatic heterocycles. The summed E-state index contributed by atoms with van der Waals surface area (Å²) in [5.41, 5.74) is 0.0648. The number of phenolic OH excluding ortho intramolecular Hbond substituents is 1. The van der Waals surface area contributed by atoms with Crippen molar-refractivity contribution in [2.24, 2.45) is 11.8 Å². The van der Waals surface area contributed by atoms with Crippen molar-refractivity contribution in [2.45, 2.75) is 38.5 Å². The van der Waals surface area contributed by atoms with E-state index in [1.807, 2.05) is 0 Å². The van der Waals surface area contributed by atoms with Crippen LogP contribution in [0.3, 0.4) is 0 Å². The predicted octanol–water partition coefficient (Wildman–Crippen LogP) is 4.32. The fourth-order valence-electron chi connectivity index (χ4n) is 2.71. The zero-order valence-corrected chi connectivity index (χ0v) is 17.1. The molecular formula is C21H26O6S. The molecule has 1 unspecified atom stereocenters. The van der Waals surface area contributed by atoms with E-state index < -0.39 is 26.5 Å². The van der Waals surface area contributed by atoms with Crippen molar-refractivity contribution in [1.82, 2.24) is 0 Å². The third-order valence-corrected chi connectivity index (χ3v) is 5.69. The zero-order valence-electron chi connectivity index (χ0n) is 16.3. The molecule has 0 saturated heterocycles. The van der Waals surface area contributed by atoms with Gasteiger partial charge in [-0.25, -0.2) is 0 Å². The maximum atomic E-state index is 12.6. The Hall–Kier alpha value is -2.38. The number of carbonyl (C=O) groups is 1. The molecule has 2 aromatic rings. The fourth-order valence-corrected chi connectivity index (χ4v) is 3.35. The highest BCUT2D eigenvalue weighted by atomic mass is 32.2. The minimum atomic E-state index is -4.64. The lowest BCUT2D eigenvalue weighted by molar-refractivity contribution is 0.103. The summed E-state index contributed by atoms with van der Waals surface area (Å²) in [6, 6.07) is 10.2. The molecule has 1 atom stereocenters. The van der Waals surface area contributed by atoms with Crippen LogP contribution < -0.4 is 4.74 Å². The van der Waals surface area contributed by atoms with E-state index in [1.165, 1.54) is 0 Å². The molecule has 0 aliphatic heterocycles. The Morgan fingerprint density at radius 3 is 2.32 bits per heavy atom. The van der Waals surface area contributed by atoms with Crippen LogP contribution in [0.1, 0.15) is 49.5 Å². The zero-order chi connectivity index (χ0) is 20.9. The van der Waals surface area contributed by atoms with E-state index in [2.05, 4.69) is 20.8 Å². The van der Waals surface area contributed by atoms with E-state index in [0.29, 0.717) is 18.3 Å². The molecule has 152 valence electrons. The first kappa shape index (κ1) is 21.9. The van der Waals surface area contributed by atoms with Gasteiger partial charge in [-0.15, -0.1) is 0 Å². The van der Waals surface area contributed by atoms with Gasteiger partial charge in [-0.05, 0) is 30.7 Å². The van der Waals surface area contributed by atoms with Gasteiger partial charge in [0.2, 0.25) is 0 Å². The second-order valence-electron chi connectivity index (χ2n) is 7.20. The molecule has 2 rings (SSSR count). The number of aromatic hydroxyl groups is 1. The first-order valence-corrected chi connectivity index (χ1v) is 10.6. The monoisotopic (exact) mass is 406 g/mol. The topological polar surface area (TPSA) is 101 Å². The minimum absolute atomic E-state index is 0.179. The molecular weight excluding hydrogens is 380 g/mol. The number of rotatable bonds is 9. The van der Waals surface area contributed by atoms with E-state index >= 15 is 0 Å². The van der Waals surface area contributed by atoms with E-state index in [9.17, 15) is 22.9 Å². The predicted molar refractivity (Wildman–Crippen MR) is 107 cm³/mol. The lowest BCUT2D eigenvalue weighted by atomic mass is 9.93. The van der Waals surface area contributed by atoms with E-state index in [4.69, 9.17) is 4.74 Å². The summed E-state index contributed by atoms with van der Waals surface area (Å²) in [5.74, 6) is -0.126. The number of hydrogen-bond acceptors (Lipinski definition) is 5. The summed E-state index contributed by atoms with van der Waals surface area (Å²) < 4.78 is 38.6. The summed E-state index contributed by atoms with van der Waals surface area (Å²) in [6.07, 6.45) is 1.59. The molecule has 2 N–H and O–H groups in total. The number of ether oxygens (including phenoxy) is 1. The van der Waals surface area contributed by atoms with Crippen LogP contribution in [0.15, 0.2) is 47.4 Å². The van der Waals surface area contributed by atoms with Crippen LogP contribution in [0.4, 0.5) is 0 Å². The first-order valence-electron chi connectivity index (χ1n) is 9.18. The van der Waals surface area contributed by atoms with Gasteiger partial charge in [0.15, 0.2) is 5.78 Å². The Balaban J connectivity index is 2.27. The lowest BCUT2D eigenvalue weighted by Gasteiger charge is -2.16. The van der Waals surface area contributed by atoms with Crippen molar-refractivity contribution in [1.29, 1.82) is 0 Å². The Morgan fingerprint density at radius 1 is 1.11 bits per heavy atom. The molecule has 28 heavy (non-hydrogen) atoms. The fraction of sp³-hybridized carbons (Fsp3) is 0.381. The van der Waals surface area contributed by atoms with Gasteiger partial charge in [-0.3, -0.25) is 9.35 Å². The van der Waals surface area contributed by atoms with Crippen LogP contribution in [0.5, 0.6) is 11.5 Å². The average molecular weight is 407 g/mol. The molecule has 0 aliphatic rings. The largest absolute Gasteiger partial charge is 0.507 e. The summed E-state index contributed by atoms with van der Waals surface area (Å²) in [7, 11) is -4.64. The second-order valence-corrected chi connectivity index (χ2v) is 8.59. The molecule has 0 aliphatic carbocycles. The highest BCUT2D eigenvalue weighted by Crippen LogP contribution is 2.33. The molecule has 7 heteroatoms. The quantitative estimate of drug-likeness (QED) is 0.365. The van der Waals surface area contributed by atoms with Gasteiger partial charge in [0.05, 0.1) is 12.2 Å². The highest BCUT2D eigenvalue weighted by Gasteiger charge is 2.24. The van der Waals surface area contributed by atoms with Crippen molar-refractivity contribution in [2.75, 3.05) is 6.61 Å². The molecule has 0 heterocycles. The smallest absolute Gasteiger partial charge is 0.298 e. The van der Waals surface area contributed by atoms with E-state index in [1.54, 1.807) is 30.3 Å². The number of hydrogen-bond donors (Lipinski definition) is 2. The van der Waals surface area contributed by atoms with E-state index in [-0.39, 0.29) is 23.5 Å². The summed E-state index contributed by atoms with van der Waals surface area (Å²) in [4.78, 5) is 12.0. The SMILES string of the molecule is CC(C)C(C)CCCOc1cc(O)c(C(=O)c2ccccc2)cc1S(=O)(=O)O. The Morgan fingerprint density at radius 2 is 1.75 bits per heavy atom. The van der Waals surface area contributed by atoms with Crippen molar-refractivity contribution in [3.05, 3.63) is 53.6 Å². The molecule has 2 aromatic carbocycles. The van der Waals surface area contributed by atoms with Gasteiger partial charge in [0.25, 0.3) is 10.1 Å². The second kappa shape index (κ2) is 9.21. The van der Waals surface area contributed by atoms with Gasteiger partial charge in [-0.1, -0.05) is 51.1 Å². The minimum Gasteiger partial charge on any atom is -0.507 e. The van der Waals surface area contributed by atoms with Crippen LogP contribution in [0.25, 0.3) is 0 Å². The number of phenols is 1. The van der Waals surface area contributed by atoms with Crippen molar-refractivity contribution in [3.63, 3.8) is 0 Å². The van der Waals surface area contributed by atoms with Crippen LogP contribution in [-0.4, -0.2) is 30.5 Å². The van der Waals surface area contributed by atoms with Crippen molar-refractivity contribution >= 4 is 15.9 Å².